The highest BCUT2D eigenvalue weighted by Crippen LogP contribution is 2.34. The molecule has 0 aromatic carbocycles. The van der Waals surface area contributed by atoms with Gasteiger partial charge in [0.05, 0.1) is 18.5 Å². The number of fused-ring (bicyclic) bond motifs is 3. The first-order valence-electron chi connectivity index (χ1n) is 10.4. The molecule has 2 N–H and O–H groups in total. The first kappa shape index (κ1) is 19.5. The molecule has 8 heteroatoms. The number of hydrogen-bond donors (Lipinski definition) is 2. The minimum Gasteiger partial charge on any atom is -0.355 e. The molecule has 0 radical (unpaired) electrons. The monoisotopic (exact) mass is 403 g/mol. The molecule has 28 heavy (non-hydrogen) atoms. The molecule has 1 aliphatic carbocycles. The predicted molar refractivity (Wildman–Crippen MR) is 112 cm³/mol. The van der Waals surface area contributed by atoms with Crippen LogP contribution in [-0.2, 0) is 24.2 Å². The zero-order chi connectivity index (χ0) is 19.5. The number of H-pyrrole nitrogens is 1. The minimum absolute atomic E-state index is 0.0155. The fourth-order valence-corrected chi connectivity index (χ4v) is 5.38. The first-order chi connectivity index (χ1) is 13.6. The molecule has 7 nitrogen and oxygen atoms in total. The topological polar surface area (TPSA) is 81.3 Å². The van der Waals surface area contributed by atoms with Crippen LogP contribution in [0.1, 0.15) is 42.5 Å². The Morgan fingerprint density at radius 1 is 1.21 bits per heavy atom. The van der Waals surface area contributed by atoms with Crippen molar-refractivity contribution in [3.05, 3.63) is 26.6 Å². The molecule has 4 rings (SSSR count). The van der Waals surface area contributed by atoms with Crippen molar-refractivity contribution < 1.29 is 4.79 Å². The second kappa shape index (κ2) is 8.71. The molecule has 1 aliphatic heterocycles. The summed E-state index contributed by atoms with van der Waals surface area (Å²) >= 11 is 1.69. The van der Waals surface area contributed by atoms with E-state index in [1.807, 2.05) is 0 Å². The van der Waals surface area contributed by atoms with Gasteiger partial charge < -0.3 is 10.3 Å². The van der Waals surface area contributed by atoms with Crippen molar-refractivity contribution in [3.63, 3.8) is 0 Å². The van der Waals surface area contributed by atoms with Gasteiger partial charge in [-0.2, -0.15) is 0 Å². The molecular weight excluding hydrogens is 374 g/mol. The second-order valence-corrected chi connectivity index (χ2v) is 8.89. The molecule has 0 atom stereocenters. The van der Waals surface area contributed by atoms with Gasteiger partial charge in [0.15, 0.2) is 0 Å². The van der Waals surface area contributed by atoms with Gasteiger partial charge in [0, 0.05) is 37.6 Å². The van der Waals surface area contributed by atoms with Gasteiger partial charge in [-0.25, -0.2) is 4.98 Å². The number of hydrogen-bond acceptors (Lipinski definition) is 6. The van der Waals surface area contributed by atoms with Gasteiger partial charge in [0.1, 0.15) is 10.7 Å². The first-order valence-corrected chi connectivity index (χ1v) is 11.2. The number of thiophene rings is 1. The quantitative estimate of drug-likeness (QED) is 0.685. The van der Waals surface area contributed by atoms with E-state index in [2.05, 4.69) is 27.0 Å². The summed E-state index contributed by atoms with van der Waals surface area (Å²) in [5, 5.41) is 3.80. The number of aromatic amines is 1. The van der Waals surface area contributed by atoms with Crippen LogP contribution in [0.5, 0.6) is 0 Å². The van der Waals surface area contributed by atoms with Crippen LogP contribution >= 0.6 is 11.3 Å². The molecule has 0 spiro atoms. The molecule has 0 saturated carbocycles. The Labute approximate surface area is 169 Å². The summed E-state index contributed by atoms with van der Waals surface area (Å²) in [5.74, 6) is 0.868. The van der Waals surface area contributed by atoms with Crippen molar-refractivity contribution in [1.29, 1.82) is 0 Å². The lowest BCUT2D eigenvalue weighted by Crippen LogP contribution is -2.49. The molecule has 2 aromatic heterocycles. The summed E-state index contributed by atoms with van der Waals surface area (Å²) in [5.41, 5.74) is 1.24. The Kier molecular flexibility index (Phi) is 6.08. The Morgan fingerprint density at radius 2 is 2.00 bits per heavy atom. The average Bonchev–Trinajstić information content (AvgIpc) is 3.24. The number of carbonyl (C=O) groups excluding carboxylic acids is 1. The summed E-state index contributed by atoms with van der Waals surface area (Å²) in [6.07, 6.45) is 5.36. The standard InChI is InChI=1S/C20H29N5O2S/c1-2-3-7-21-17(26)13-25-10-8-24(9-11-25)12-16-22-19(27)18-14-5-4-6-15(14)28-20(18)23-16/h2-13H2,1H3,(H,21,26)(H,22,23,27). The molecule has 152 valence electrons. The van der Waals surface area contributed by atoms with Crippen molar-refractivity contribution in [3.8, 4) is 0 Å². The molecule has 2 aromatic rings. The van der Waals surface area contributed by atoms with Crippen LogP contribution in [0, 0.1) is 0 Å². The van der Waals surface area contributed by atoms with Crippen molar-refractivity contribution in [1.82, 2.24) is 25.1 Å². The Balaban J connectivity index is 1.31. The van der Waals surface area contributed by atoms with E-state index in [1.165, 1.54) is 10.4 Å². The number of aromatic nitrogens is 2. The summed E-state index contributed by atoms with van der Waals surface area (Å²) < 4.78 is 0. The van der Waals surface area contributed by atoms with Crippen molar-refractivity contribution >= 4 is 27.5 Å². The van der Waals surface area contributed by atoms with Crippen LogP contribution in [0.25, 0.3) is 10.2 Å². The summed E-state index contributed by atoms with van der Waals surface area (Å²) in [4.78, 5) is 39.0. The molecule has 1 saturated heterocycles. The van der Waals surface area contributed by atoms with E-state index in [0.717, 1.165) is 80.9 Å². The third-order valence-corrected chi connectivity index (χ3v) is 6.87. The van der Waals surface area contributed by atoms with Crippen LogP contribution in [0.15, 0.2) is 4.79 Å². The molecule has 0 unspecified atom stereocenters. The maximum absolute atomic E-state index is 12.6. The van der Waals surface area contributed by atoms with E-state index < -0.39 is 0 Å². The number of rotatable bonds is 7. The molecule has 0 bridgehead atoms. The SMILES string of the molecule is CCCCNC(=O)CN1CCN(Cc2nc3sc4c(c3c(=O)[nH]2)CCC4)CC1. The van der Waals surface area contributed by atoms with Crippen LogP contribution in [0.2, 0.25) is 0 Å². The predicted octanol–water partition coefficient (Wildman–Crippen LogP) is 1.51. The maximum Gasteiger partial charge on any atom is 0.259 e. The summed E-state index contributed by atoms with van der Waals surface area (Å²) in [7, 11) is 0. The summed E-state index contributed by atoms with van der Waals surface area (Å²) in [6.45, 7) is 7.50. The van der Waals surface area contributed by atoms with Gasteiger partial charge >= 0.3 is 0 Å². The van der Waals surface area contributed by atoms with Crippen LogP contribution in [0.4, 0.5) is 0 Å². The molecular formula is C20H29N5O2S. The number of carbonyl (C=O) groups is 1. The highest BCUT2D eigenvalue weighted by molar-refractivity contribution is 7.18. The fraction of sp³-hybridized carbons (Fsp3) is 0.650. The smallest absolute Gasteiger partial charge is 0.259 e. The van der Waals surface area contributed by atoms with E-state index in [0.29, 0.717) is 13.1 Å². The third-order valence-electron chi connectivity index (χ3n) is 5.68. The van der Waals surface area contributed by atoms with E-state index in [9.17, 15) is 9.59 Å². The highest BCUT2D eigenvalue weighted by Gasteiger charge is 2.23. The molecule has 2 aliphatic rings. The molecule has 1 fully saturated rings. The van der Waals surface area contributed by atoms with Crippen LogP contribution in [-0.4, -0.2) is 64.9 Å². The van der Waals surface area contributed by atoms with Gasteiger partial charge in [-0.15, -0.1) is 11.3 Å². The van der Waals surface area contributed by atoms with E-state index >= 15 is 0 Å². The van der Waals surface area contributed by atoms with Crippen molar-refractivity contribution in [2.45, 2.75) is 45.6 Å². The zero-order valence-corrected chi connectivity index (χ0v) is 17.4. The van der Waals surface area contributed by atoms with E-state index in [1.54, 1.807) is 11.3 Å². The van der Waals surface area contributed by atoms with Crippen molar-refractivity contribution in [2.24, 2.45) is 0 Å². The van der Waals surface area contributed by atoms with Gasteiger partial charge in [-0.3, -0.25) is 19.4 Å². The number of piperazine rings is 1. The zero-order valence-electron chi connectivity index (χ0n) is 16.6. The number of amides is 1. The number of nitrogens with one attached hydrogen (secondary N) is 2. The van der Waals surface area contributed by atoms with E-state index in [-0.39, 0.29) is 11.5 Å². The lowest BCUT2D eigenvalue weighted by atomic mass is 10.2. The lowest BCUT2D eigenvalue weighted by Gasteiger charge is -2.33. The fourth-order valence-electron chi connectivity index (χ4n) is 4.10. The molecule has 3 heterocycles. The van der Waals surface area contributed by atoms with Gasteiger partial charge in [-0.1, -0.05) is 13.3 Å². The highest BCUT2D eigenvalue weighted by atomic mass is 32.1. The second-order valence-electron chi connectivity index (χ2n) is 7.81. The largest absolute Gasteiger partial charge is 0.355 e. The minimum atomic E-state index is 0.0155. The Bertz CT molecular complexity index is 898. The molecule has 1 amide bonds. The van der Waals surface area contributed by atoms with Gasteiger partial charge in [-0.05, 0) is 31.2 Å². The lowest BCUT2D eigenvalue weighted by molar-refractivity contribution is -0.122. The number of unbranched alkanes of at least 4 members (excludes halogenated alkanes) is 1. The number of aryl methyl sites for hydroxylation is 2. The van der Waals surface area contributed by atoms with Gasteiger partial charge in [0.2, 0.25) is 5.91 Å². The van der Waals surface area contributed by atoms with E-state index in [4.69, 9.17) is 4.98 Å². The normalized spacial score (nSPS) is 17.9. The van der Waals surface area contributed by atoms with Crippen molar-refractivity contribution in [2.75, 3.05) is 39.3 Å². The summed E-state index contributed by atoms with van der Waals surface area (Å²) in [6, 6.07) is 0. The van der Waals surface area contributed by atoms with Crippen LogP contribution < -0.4 is 10.9 Å². The maximum atomic E-state index is 12.6. The Morgan fingerprint density at radius 3 is 2.79 bits per heavy atom. The number of nitrogens with zero attached hydrogens (tertiary/aromatic N) is 3. The Hall–Kier alpha value is -1.77. The van der Waals surface area contributed by atoms with Crippen LogP contribution in [0.3, 0.4) is 0 Å². The average molecular weight is 404 g/mol. The van der Waals surface area contributed by atoms with Gasteiger partial charge in [0.25, 0.3) is 5.56 Å². The third kappa shape index (κ3) is 4.29.